The van der Waals surface area contributed by atoms with Gasteiger partial charge in [-0.15, -0.1) is 0 Å². The molecule has 106 valence electrons. The lowest BCUT2D eigenvalue weighted by atomic mass is 10.1. The van der Waals surface area contributed by atoms with Gasteiger partial charge in [0.2, 0.25) is 0 Å². The Balaban J connectivity index is 0. The van der Waals surface area contributed by atoms with Crippen molar-refractivity contribution in [2.24, 2.45) is 0 Å². The van der Waals surface area contributed by atoms with E-state index in [0.29, 0.717) is 0 Å². The van der Waals surface area contributed by atoms with Crippen molar-refractivity contribution in [3.63, 3.8) is 0 Å². The molecule has 1 N–H and O–H groups in total. The van der Waals surface area contributed by atoms with Crippen LogP contribution in [-0.2, 0) is 0 Å². The molecule has 1 unspecified atom stereocenters. The number of nitrogens with zero attached hydrogens (tertiary/aromatic N) is 1. The third kappa shape index (κ3) is 11.1. The molecule has 0 aliphatic heterocycles. The molecule has 0 saturated carbocycles. The summed E-state index contributed by atoms with van der Waals surface area (Å²) in [7, 11) is 4.21. The predicted octanol–water partition coefficient (Wildman–Crippen LogP) is 0.546. The normalized spacial score (nSPS) is 13.2. The Bertz CT molecular complexity index is 160. The first-order valence-corrected chi connectivity index (χ1v) is 7.01. The third-order valence-electron chi connectivity index (χ3n) is 3.60. The van der Waals surface area contributed by atoms with E-state index < -0.39 is 0 Å². The molecular weight excluding hydrogens is 234 g/mol. The van der Waals surface area contributed by atoms with Crippen LogP contribution in [0.15, 0.2) is 0 Å². The third-order valence-corrected chi connectivity index (χ3v) is 3.60. The van der Waals surface area contributed by atoms with Crippen LogP contribution in [0.25, 0.3) is 0 Å². The number of unbranched alkanes of at least 4 members (excludes halogenated alkanes) is 7. The smallest absolute Gasteiger partial charge is 0.187 e. The molecule has 0 aromatic rings. The van der Waals surface area contributed by atoms with Gasteiger partial charge in [-0.3, -0.25) is 0 Å². The molecule has 0 rings (SSSR count). The number of aliphatic hydroxyl groups excluding tert-OH is 1. The van der Waals surface area contributed by atoms with E-state index in [9.17, 15) is 5.11 Å². The summed E-state index contributed by atoms with van der Waals surface area (Å²) in [5.41, 5.74) is 0. The van der Waals surface area contributed by atoms with Crippen LogP contribution in [0, 0.1) is 0 Å². The number of hydrogen-bond acceptors (Lipinski definition) is 1. The van der Waals surface area contributed by atoms with Gasteiger partial charge in [0.05, 0.1) is 20.6 Å². The number of rotatable bonds is 10. The fourth-order valence-corrected chi connectivity index (χ4v) is 1.84. The van der Waals surface area contributed by atoms with Crippen LogP contribution in [0.4, 0.5) is 0 Å². The van der Waals surface area contributed by atoms with Crippen molar-refractivity contribution in [3.8, 4) is 0 Å². The Morgan fingerprint density at radius 1 is 0.882 bits per heavy atom. The molecule has 0 amide bonds. The lowest BCUT2D eigenvalue weighted by Crippen LogP contribution is -3.00. The van der Waals surface area contributed by atoms with Crippen LogP contribution in [0.1, 0.15) is 65.2 Å². The highest BCUT2D eigenvalue weighted by molar-refractivity contribution is 4.46. The molecule has 0 aliphatic rings. The summed E-state index contributed by atoms with van der Waals surface area (Å²) in [5, 5.41) is 9.55. The number of hydrogen-bond donors (Lipinski definition) is 1. The van der Waals surface area contributed by atoms with Crippen molar-refractivity contribution in [1.82, 2.24) is 0 Å². The molecule has 2 nitrogen and oxygen atoms in total. The van der Waals surface area contributed by atoms with Gasteiger partial charge in [0, 0.05) is 6.92 Å². The van der Waals surface area contributed by atoms with Crippen LogP contribution >= 0.6 is 0 Å². The van der Waals surface area contributed by atoms with Crippen molar-refractivity contribution in [2.75, 3.05) is 20.6 Å². The zero-order chi connectivity index (χ0) is 12.4. The number of halogens is 1. The van der Waals surface area contributed by atoms with Gasteiger partial charge in [-0.2, -0.15) is 0 Å². The molecule has 1 atom stereocenters. The Hall–Kier alpha value is 0.210. The first kappa shape index (κ1) is 19.5. The van der Waals surface area contributed by atoms with E-state index >= 15 is 0 Å². The Labute approximate surface area is 114 Å². The van der Waals surface area contributed by atoms with E-state index in [1.165, 1.54) is 51.4 Å². The minimum absolute atomic E-state index is 0. The standard InChI is InChI=1S/C14H32NO.ClH/c1-5-6-7-8-9-10-11-12-13-15(3,4)14(2)16;/h14,16H,5-13H2,1-4H3;1H/q+1;/p-1. The lowest BCUT2D eigenvalue weighted by molar-refractivity contribution is -0.934. The summed E-state index contributed by atoms with van der Waals surface area (Å²) in [4.78, 5) is 0. The van der Waals surface area contributed by atoms with E-state index in [2.05, 4.69) is 21.0 Å². The molecule has 0 fully saturated rings. The molecule has 17 heavy (non-hydrogen) atoms. The van der Waals surface area contributed by atoms with Gasteiger partial charge in [0.25, 0.3) is 0 Å². The summed E-state index contributed by atoms with van der Waals surface area (Å²) >= 11 is 0. The molecule has 0 aromatic heterocycles. The fourth-order valence-electron chi connectivity index (χ4n) is 1.84. The Morgan fingerprint density at radius 3 is 1.71 bits per heavy atom. The molecule has 0 heterocycles. The monoisotopic (exact) mass is 265 g/mol. The quantitative estimate of drug-likeness (QED) is 0.347. The Kier molecular flexibility index (Phi) is 13.0. The second kappa shape index (κ2) is 11.3. The van der Waals surface area contributed by atoms with Gasteiger partial charge < -0.3 is 22.0 Å². The molecular formula is C14H32ClNO. The molecule has 3 heteroatoms. The summed E-state index contributed by atoms with van der Waals surface area (Å²) in [6.07, 6.45) is 10.6. The second-order valence-electron chi connectivity index (χ2n) is 5.61. The van der Waals surface area contributed by atoms with E-state index in [4.69, 9.17) is 0 Å². The minimum Gasteiger partial charge on any atom is -1.00 e. The maximum atomic E-state index is 9.55. The average Bonchev–Trinajstić information content (AvgIpc) is 2.21. The zero-order valence-corrected chi connectivity index (χ0v) is 13.0. The van der Waals surface area contributed by atoms with Crippen LogP contribution in [0.2, 0.25) is 0 Å². The van der Waals surface area contributed by atoms with Gasteiger partial charge in [0.1, 0.15) is 0 Å². The maximum Gasteiger partial charge on any atom is 0.187 e. The average molecular weight is 266 g/mol. The summed E-state index contributed by atoms with van der Waals surface area (Å²) in [5.74, 6) is 0. The van der Waals surface area contributed by atoms with Gasteiger partial charge in [0.15, 0.2) is 6.23 Å². The highest BCUT2D eigenvalue weighted by Crippen LogP contribution is 2.11. The predicted molar refractivity (Wildman–Crippen MR) is 71.3 cm³/mol. The van der Waals surface area contributed by atoms with Crippen molar-refractivity contribution in [1.29, 1.82) is 0 Å². The first-order chi connectivity index (χ1) is 7.50. The van der Waals surface area contributed by atoms with Gasteiger partial charge in [-0.1, -0.05) is 45.4 Å². The SMILES string of the molecule is CCCCCCCCCC[N+](C)(C)C(C)O.[Cl-]. The highest BCUT2D eigenvalue weighted by atomic mass is 35.5. The zero-order valence-electron chi connectivity index (χ0n) is 12.2. The Morgan fingerprint density at radius 2 is 1.29 bits per heavy atom. The van der Waals surface area contributed by atoms with Crippen molar-refractivity contribution in [3.05, 3.63) is 0 Å². The second-order valence-corrected chi connectivity index (χ2v) is 5.61. The molecule has 0 bridgehead atoms. The molecule has 0 radical (unpaired) electrons. The number of quaternary nitrogens is 1. The molecule has 0 spiro atoms. The summed E-state index contributed by atoms with van der Waals surface area (Å²) in [6.45, 7) is 5.23. The van der Waals surface area contributed by atoms with E-state index in [0.717, 1.165) is 11.0 Å². The van der Waals surface area contributed by atoms with Crippen molar-refractivity contribution >= 4 is 0 Å². The first-order valence-electron chi connectivity index (χ1n) is 7.01. The largest absolute Gasteiger partial charge is 1.00 e. The van der Waals surface area contributed by atoms with Crippen LogP contribution in [0.5, 0.6) is 0 Å². The fraction of sp³-hybridized carbons (Fsp3) is 1.00. The van der Waals surface area contributed by atoms with E-state index in [-0.39, 0.29) is 18.6 Å². The van der Waals surface area contributed by atoms with Gasteiger partial charge in [-0.25, -0.2) is 0 Å². The summed E-state index contributed by atoms with van der Waals surface area (Å²) < 4.78 is 0.732. The molecule has 0 aromatic carbocycles. The highest BCUT2D eigenvalue weighted by Gasteiger charge is 2.19. The van der Waals surface area contributed by atoms with Crippen LogP contribution < -0.4 is 12.4 Å². The lowest BCUT2D eigenvalue weighted by Gasteiger charge is -2.32. The van der Waals surface area contributed by atoms with Crippen LogP contribution in [0.3, 0.4) is 0 Å². The van der Waals surface area contributed by atoms with E-state index in [1.807, 2.05) is 6.92 Å². The maximum absolute atomic E-state index is 9.55. The van der Waals surface area contributed by atoms with Crippen molar-refractivity contribution < 1.29 is 22.0 Å². The van der Waals surface area contributed by atoms with Gasteiger partial charge in [-0.05, 0) is 12.8 Å². The molecule has 0 aliphatic carbocycles. The summed E-state index contributed by atoms with van der Waals surface area (Å²) in [6, 6.07) is 0. The minimum atomic E-state index is -0.246. The van der Waals surface area contributed by atoms with Crippen LogP contribution in [-0.4, -0.2) is 36.5 Å². The topological polar surface area (TPSA) is 20.2 Å². The van der Waals surface area contributed by atoms with Crippen molar-refractivity contribution in [2.45, 2.75) is 71.4 Å². The van der Waals surface area contributed by atoms with E-state index in [1.54, 1.807) is 0 Å². The number of aliphatic hydroxyl groups is 1. The van der Waals surface area contributed by atoms with Gasteiger partial charge >= 0.3 is 0 Å². The molecule has 0 saturated heterocycles.